The molecule has 0 unspecified atom stereocenters. The molecule has 3 aromatic rings. The van der Waals surface area contributed by atoms with Gasteiger partial charge in [0.2, 0.25) is 0 Å². The highest BCUT2D eigenvalue weighted by molar-refractivity contribution is 6.05. The molecular formula is C21H24N4O2. The number of benzene rings is 1. The third-order valence-corrected chi connectivity index (χ3v) is 5.07. The van der Waals surface area contributed by atoms with E-state index in [0.717, 1.165) is 17.8 Å². The molecule has 6 heteroatoms. The Morgan fingerprint density at radius 2 is 1.85 bits per heavy atom. The van der Waals surface area contributed by atoms with E-state index in [1.807, 2.05) is 13.8 Å². The number of pyridine rings is 1. The Hall–Kier alpha value is -2.73. The fraction of sp³-hybridized carbons (Fsp3) is 0.381. The molecule has 1 aliphatic rings. The van der Waals surface area contributed by atoms with Crippen LogP contribution < -0.4 is 5.32 Å². The molecule has 0 bridgehead atoms. The molecule has 0 atom stereocenters. The number of aromatic nitrogens is 2. The van der Waals surface area contributed by atoms with Gasteiger partial charge in [-0.2, -0.15) is 0 Å². The second-order valence-electron chi connectivity index (χ2n) is 7.24. The molecule has 0 saturated carbocycles. The highest BCUT2D eigenvalue weighted by Crippen LogP contribution is 2.22. The van der Waals surface area contributed by atoms with Gasteiger partial charge in [0, 0.05) is 18.8 Å². The molecule has 1 amide bonds. The number of hydrogen-bond donors (Lipinski definition) is 1. The molecule has 140 valence electrons. The van der Waals surface area contributed by atoms with Gasteiger partial charge >= 0.3 is 0 Å². The molecule has 6 nitrogen and oxygen atoms in total. The van der Waals surface area contributed by atoms with E-state index in [-0.39, 0.29) is 5.91 Å². The minimum absolute atomic E-state index is 0.141. The van der Waals surface area contributed by atoms with Crippen LogP contribution in [-0.4, -0.2) is 34.0 Å². The molecule has 1 aliphatic heterocycles. The van der Waals surface area contributed by atoms with Gasteiger partial charge in [0.05, 0.1) is 16.6 Å². The van der Waals surface area contributed by atoms with Crippen molar-refractivity contribution < 1.29 is 9.32 Å². The van der Waals surface area contributed by atoms with E-state index in [0.29, 0.717) is 28.9 Å². The number of carbonyl (C=O) groups is 1. The number of hydrogen-bond acceptors (Lipinski definition) is 5. The molecule has 0 spiro atoms. The van der Waals surface area contributed by atoms with Crippen LogP contribution in [0.25, 0.3) is 11.1 Å². The number of aryl methyl sites for hydroxylation is 2. The van der Waals surface area contributed by atoms with Crippen LogP contribution >= 0.6 is 0 Å². The van der Waals surface area contributed by atoms with Gasteiger partial charge in [0.15, 0.2) is 0 Å². The summed E-state index contributed by atoms with van der Waals surface area (Å²) in [5, 5.41) is 7.61. The van der Waals surface area contributed by atoms with Gasteiger partial charge in [0.25, 0.3) is 11.6 Å². The molecule has 3 heterocycles. The Labute approximate surface area is 158 Å². The fourth-order valence-corrected chi connectivity index (χ4v) is 3.64. The van der Waals surface area contributed by atoms with Gasteiger partial charge < -0.3 is 9.84 Å². The highest BCUT2D eigenvalue weighted by atomic mass is 16.5. The van der Waals surface area contributed by atoms with E-state index in [4.69, 9.17) is 4.52 Å². The maximum atomic E-state index is 12.7. The highest BCUT2D eigenvalue weighted by Gasteiger charge is 2.17. The number of nitrogens with one attached hydrogen (secondary N) is 1. The second-order valence-corrected chi connectivity index (χ2v) is 7.24. The Bertz CT molecular complexity index is 956. The van der Waals surface area contributed by atoms with Crippen molar-refractivity contribution >= 4 is 17.0 Å². The van der Waals surface area contributed by atoms with E-state index in [2.05, 4.69) is 44.6 Å². The topological polar surface area (TPSA) is 71.3 Å². The van der Waals surface area contributed by atoms with Gasteiger partial charge in [-0.3, -0.25) is 9.69 Å². The van der Waals surface area contributed by atoms with Crippen molar-refractivity contribution in [2.45, 2.75) is 39.8 Å². The van der Waals surface area contributed by atoms with Gasteiger partial charge in [-0.1, -0.05) is 29.4 Å². The average molecular weight is 364 g/mol. The summed E-state index contributed by atoms with van der Waals surface area (Å²) in [4.78, 5) is 19.5. The lowest BCUT2D eigenvalue weighted by molar-refractivity contribution is 0.0952. The summed E-state index contributed by atoms with van der Waals surface area (Å²) in [6.07, 6.45) is 2.61. The molecule has 4 rings (SSSR count). The maximum absolute atomic E-state index is 12.7. The first-order valence-electron chi connectivity index (χ1n) is 9.42. The van der Waals surface area contributed by atoms with Gasteiger partial charge in [-0.15, -0.1) is 0 Å². The SMILES string of the molecule is Cc1cc(C(=O)NCc2ccc(CN3CCCC3)cc2)c2c(C)noc2n1. The zero-order chi connectivity index (χ0) is 18.8. The number of likely N-dealkylation sites (tertiary alicyclic amines) is 1. The Balaban J connectivity index is 1.43. The van der Waals surface area contributed by atoms with Crippen molar-refractivity contribution in [3.8, 4) is 0 Å². The minimum Gasteiger partial charge on any atom is -0.348 e. The molecule has 1 fully saturated rings. The summed E-state index contributed by atoms with van der Waals surface area (Å²) in [7, 11) is 0. The molecular weight excluding hydrogens is 340 g/mol. The summed E-state index contributed by atoms with van der Waals surface area (Å²) in [6.45, 7) is 7.54. The molecule has 27 heavy (non-hydrogen) atoms. The lowest BCUT2D eigenvalue weighted by Gasteiger charge is -2.14. The standard InChI is InChI=1S/C21H24N4O2/c1-14-11-18(19-15(2)24-27-21(19)23-14)20(26)22-12-16-5-7-17(8-6-16)13-25-9-3-4-10-25/h5-8,11H,3-4,9-10,12-13H2,1-2H3,(H,22,26). The largest absolute Gasteiger partial charge is 0.348 e. The van der Waals surface area contributed by atoms with Crippen molar-refractivity contribution in [2.75, 3.05) is 13.1 Å². The number of fused-ring (bicyclic) bond motifs is 1. The quantitative estimate of drug-likeness (QED) is 0.752. The fourth-order valence-electron chi connectivity index (χ4n) is 3.64. The number of amides is 1. The summed E-state index contributed by atoms with van der Waals surface area (Å²) in [6, 6.07) is 10.3. The van der Waals surface area contributed by atoms with Gasteiger partial charge in [-0.25, -0.2) is 4.98 Å². The second kappa shape index (κ2) is 7.48. The first-order valence-corrected chi connectivity index (χ1v) is 9.42. The van der Waals surface area contributed by atoms with Crippen LogP contribution in [0.2, 0.25) is 0 Å². The molecule has 1 aromatic carbocycles. The lowest BCUT2D eigenvalue weighted by Crippen LogP contribution is -2.23. The zero-order valence-electron chi connectivity index (χ0n) is 15.8. The van der Waals surface area contributed by atoms with Crippen LogP contribution in [0.5, 0.6) is 0 Å². The minimum atomic E-state index is -0.141. The number of carbonyl (C=O) groups excluding carboxylic acids is 1. The first-order chi connectivity index (χ1) is 13.1. The smallest absolute Gasteiger partial charge is 0.258 e. The summed E-state index contributed by atoms with van der Waals surface area (Å²) in [5.41, 5.74) is 4.77. The van der Waals surface area contributed by atoms with Crippen molar-refractivity contribution in [2.24, 2.45) is 0 Å². The van der Waals surface area contributed by atoms with E-state index < -0.39 is 0 Å². The first kappa shape index (κ1) is 17.7. The molecule has 2 aromatic heterocycles. The monoisotopic (exact) mass is 364 g/mol. The van der Waals surface area contributed by atoms with Crippen molar-refractivity contribution in [1.82, 2.24) is 20.4 Å². The third kappa shape index (κ3) is 3.85. The van der Waals surface area contributed by atoms with Crippen molar-refractivity contribution in [3.05, 3.63) is 58.4 Å². The third-order valence-electron chi connectivity index (χ3n) is 5.07. The van der Waals surface area contributed by atoms with Crippen LogP contribution in [0.3, 0.4) is 0 Å². The summed E-state index contributed by atoms with van der Waals surface area (Å²) in [5.74, 6) is -0.141. The molecule has 1 saturated heterocycles. The average Bonchev–Trinajstić information content (AvgIpc) is 3.30. The van der Waals surface area contributed by atoms with Crippen LogP contribution in [0.1, 0.15) is 45.7 Å². The Morgan fingerprint density at radius 1 is 1.15 bits per heavy atom. The van der Waals surface area contributed by atoms with Crippen LogP contribution in [0.15, 0.2) is 34.9 Å². The predicted octanol–water partition coefficient (Wildman–Crippen LogP) is 3.37. The normalized spacial score (nSPS) is 14.7. The van der Waals surface area contributed by atoms with E-state index in [1.54, 1.807) is 6.07 Å². The Morgan fingerprint density at radius 3 is 2.59 bits per heavy atom. The van der Waals surface area contributed by atoms with Crippen LogP contribution in [-0.2, 0) is 13.1 Å². The Kier molecular flexibility index (Phi) is 4.90. The zero-order valence-corrected chi connectivity index (χ0v) is 15.8. The summed E-state index contributed by atoms with van der Waals surface area (Å²) >= 11 is 0. The number of rotatable bonds is 5. The molecule has 0 aliphatic carbocycles. The predicted molar refractivity (Wildman–Crippen MR) is 103 cm³/mol. The molecule has 1 N–H and O–H groups in total. The molecule has 0 radical (unpaired) electrons. The lowest BCUT2D eigenvalue weighted by atomic mass is 10.1. The van der Waals surface area contributed by atoms with Crippen molar-refractivity contribution in [1.29, 1.82) is 0 Å². The summed E-state index contributed by atoms with van der Waals surface area (Å²) < 4.78 is 5.21. The van der Waals surface area contributed by atoms with Gasteiger partial charge in [-0.05, 0) is 57.0 Å². The van der Waals surface area contributed by atoms with Crippen molar-refractivity contribution in [3.63, 3.8) is 0 Å². The van der Waals surface area contributed by atoms with E-state index in [9.17, 15) is 4.79 Å². The van der Waals surface area contributed by atoms with E-state index in [1.165, 1.54) is 31.5 Å². The maximum Gasteiger partial charge on any atom is 0.258 e. The van der Waals surface area contributed by atoms with Crippen LogP contribution in [0.4, 0.5) is 0 Å². The van der Waals surface area contributed by atoms with E-state index >= 15 is 0 Å². The van der Waals surface area contributed by atoms with Gasteiger partial charge in [0.1, 0.15) is 0 Å². The van der Waals surface area contributed by atoms with Crippen LogP contribution in [0, 0.1) is 13.8 Å². The number of nitrogens with zero attached hydrogens (tertiary/aromatic N) is 3.